The molecule has 0 aliphatic heterocycles. The number of nitrogens with zero attached hydrogens (tertiary/aromatic N) is 1. The Morgan fingerprint density at radius 1 is 1.38 bits per heavy atom. The molecule has 0 fully saturated rings. The molecule has 1 rings (SSSR count). The van der Waals surface area contributed by atoms with Gasteiger partial charge in [0.25, 0.3) is 0 Å². The molecule has 0 spiro atoms. The van der Waals surface area contributed by atoms with Crippen LogP contribution in [0.25, 0.3) is 0 Å². The minimum atomic E-state index is -0.0461. The second-order valence-electron chi connectivity index (χ2n) is 3.55. The second kappa shape index (κ2) is 6.38. The lowest BCUT2D eigenvalue weighted by Gasteiger charge is -2.15. The van der Waals surface area contributed by atoms with Gasteiger partial charge in [-0.3, -0.25) is 4.79 Å². The highest BCUT2D eigenvalue weighted by atomic mass is 35.5. The molecule has 88 valence electrons. The van der Waals surface area contributed by atoms with Crippen LogP contribution in [0.5, 0.6) is 5.75 Å². The van der Waals surface area contributed by atoms with Crippen molar-refractivity contribution in [1.82, 2.24) is 4.90 Å². The molecule has 0 unspecified atom stereocenters. The van der Waals surface area contributed by atoms with Crippen LogP contribution in [0.15, 0.2) is 24.3 Å². The summed E-state index contributed by atoms with van der Waals surface area (Å²) < 4.78 is 5.07. The van der Waals surface area contributed by atoms with Crippen molar-refractivity contribution in [2.45, 2.75) is 6.42 Å². The first-order chi connectivity index (χ1) is 7.67. The molecule has 0 aromatic heterocycles. The van der Waals surface area contributed by atoms with E-state index < -0.39 is 0 Å². The summed E-state index contributed by atoms with van der Waals surface area (Å²) in [5.41, 5.74) is 1.18. The predicted octanol–water partition coefficient (Wildman–Crippen LogP) is 1.93. The van der Waals surface area contributed by atoms with Crippen LogP contribution in [0.4, 0.5) is 0 Å². The Morgan fingerprint density at radius 3 is 2.50 bits per heavy atom. The van der Waals surface area contributed by atoms with Crippen LogP contribution >= 0.6 is 11.6 Å². The lowest BCUT2D eigenvalue weighted by atomic mass is 10.1. The van der Waals surface area contributed by atoms with E-state index in [4.69, 9.17) is 16.3 Å². The number of benzene rings is 1. The average Bonchev–Trinajstić information content (AvgIpc) is 2.35. The fourth-order valence-electron chi connectivity index (χ4n) is 1.32. The zero-order chi connectivity index (χ0) is 12.0. The highest BCUT2D eigenvalue weighted by molar-refractivity contribution is 6.27. The second-order valence-corrected chi connectivity index (χ2v) is 3.81. The SMILES string of the molecule is COc1ccc(CCN(C)C(=O)CCl)cc1. The number of amides is 1. The fourth-order valence-corrected chi connectivity index (χ4v) is 1.52. The van der Waals surface area contributed by atoms with Gasteiger partial charge in [0.15, 0.2) is 0 Å². The third-order valence-corrected chi connectivity index (χ3v) is 2.66. The predicted molar refractivity (Wildman–Crippen MR) is 65.1 cm³/mol. The van der Waals surface area contributed by atoms with Crippen LogP contribution in [0, 0.1) is 0 Å². The standard InChI is InChI=1S/C12H16ClNO2/c1-14(12(15)9-13)8-7-10-3-5-11(16-2)6-4-10/h3-6H,7-9H2,1-2H3. The van der Waals surface area contributed by atoms with Crippen molar-refractivity contribution in [3.8, 4) is 5.75 Å². The molecule has 1 aromatic carbocycles. The van der Waals surface area contributed by atoms with E-state index >= 15 is 0 Å². The number of rotatable bonds is 5. The van der Waals surface area contributed by atoms with Gasteiger partial charge in [-0.15, -0.1) is 11.6 Å². The molecule has 4 heteroatoms. The minimum absolute atomic E-state index is 0.0408. The molecule has 0 heterocycles. The summed E-state index contributed by atoms with van der Waals surface area (Å²) in [6.45, 7) is 0.678. The van der Waals surface area contributed by atoms with Crippen LogP contribution in [-0.2, 0) is 11.2 Å². The van der Waals surface area contributed by atoms with Gasteiger partial charge in [0.2, 0.25) is 5.91 Å². The number of ether oxygens (including phenoxy) is 1. The molecule has 0 bridgehead atoms. The van der Waals surface area contributed by atoms with Crippen molar-refractivity contribution in [2.75, 3.05) is 26.6 Å². The maximum atomic E-state index is 11.2. The lowest BCUT2D eigenvalue weighted by molar-refractivity contribution is -0.127. The van der Waals surface area contributed by atoms with Gasteiger partial charge in [0.1, 0.15) is 11.6 Å². The summed E-state index contributed by atoms with van der Waals surface area (Å²) in [7, 11) is 3.40. The van der Waals surface area contributed by atoms with Gasteiger partial charge >= 0.3 is 0 Å². The van der Waals surface area contributed by atoms with E-state index in [-0.39, 0.29) is 11.8 Å². The van der Waals surface area contributed by atoms with Gasteiger partial charge in [-0.1, -0.05) is 12.1 Å². The molecule has 3 nitrogen and oxygen atoms in total. The maximum absolute atomic E-state index is 11.2. The van der Waals surface area contributed by atoms with E-state index in [1.807, 2.05) is 24.3 Å². The van der Waals surface area contributed by atoms with Gasteiger partial charge in [0.05, 0.1) is 7.11 Å². The van der Waals surface area contributed by atoms with E-state index in [0.29, 0.717) is 6.54 Å². The molecule has 16 heavy (non-hydrogen) atoms. The van der Waals surface area contributed by atoms with Crippen molar-refractivity contribution in [1.29, 1.82) is 0 Å². The van der Waals surface area contributed by atoms with Gasteiger partial charge in [-0.2, -0.15) is 0 Å². The summed E-state index contributed by atoms with van der Waals surface area (Å²) in [5.74, 6) is 0.836. The highest BCUT2D eigenvalue weighted by Gasteiger charge is 2.06. The summed E-state index contributed by atoms with van der Waals surface area (Å²) in [6.07, 6.45) is 0.823. The zero-order valence-electron chi connectivity index (χ0n) is 9.57. The Hall–Kier alpha value is -1.22. The number of carbonyl (C=O) groups excluding carboxylic acids is 1. The number of alkyl halides is 1. The van der Waals surface area contributed by atoms with Crippen LogP contribution in [0.2, 0.25) is 0 Å². The van der Waals surface area contributed by atoms with E-state index in [2.05, 4.69) is 0 Å². The first-order valence-corrected chi connectivity index (χ1v) is 5.63. The van der Waals surface area contributed by atoms with E-state index in [9.17, 15) is 4.79 Å². The Kier molecular flexibility index (Phi) is 5.12. The Balaban J connectivity index is 2.45. The molecular formula is C12H16ClNO2. The first-order valence-electron chi connectivity index (χ1n) is 5.10. The van der Waals surface area contributed by atoms with Crippen molar-refractivity contribution in [3.05, 3.63) is 29.8 Å². The molecule has 0 radical (unpaired) electrons. The van der Waals surface area contributed by atoms with Crippen LogP contribution < -0.4 is 4.74 Å². The molecule has 0 N–H and O–H groups in total. The van der Waals surface area contributed by atoms with Crippen LogP contribution in [-0.4, -0.2) is 37.4 Å². The minimum Gasteiger partial charge on any atom is -0.497 e. The fraction of sp³-hybridized carbons (Fsp3) is 0.417. The Labute approximate surface area is 101 Å². The van der Waals surface area contributed by atoms with Crippen molar-refractivity contribution < 1.29 is 9.53 Å². The molecule has 0 aliphatic carbocycles. The topological polar surface area (TPSA) is 29.5 Å². The Bertz CT molecular complexity index is 337. The average molecular weight is 242 g/mol. The van der Waals surface area contributed by atoms with E-state index in [1.165, 1.54) is 5.56 Å². The lowest BCUT2D eigenvalue weighted by Crippen LogP contribution is -2.29. The van der Waals surface area contributed by atoms with Gasteiger partial charge < -0.3 is 9.64 Å². The molecule has 1 aromatic rings. The number of likely N-dealkylation sites (N-methyl/N-ethyl adjacent to an activating group) is 1. The number of carbonyl (C=O) groups is 1. The third kappa shape index (κ3) is 3.74. The molecule has 0 aliphatic rings. The van der Waals surface area contributed by atoms with Crippen molar-refractivity contribution in [3.63, 3.8) is 0 Å². The third-order valence-electron chi connectivity index (χ3n) is 2.44. The van der Waals surface area contributed by atoms with Crippen LogP contribution in [0.1, 0.15) is 5.56 Å². The molecule has 0 saturated carbocycles. The summed E-state index contributed by atoms with van der Waals surface area (Å²) in [6, 6.07) is 7.83. The number of hydrogen-bond donors (Lipinski definition) is 0. The zero-order valence-corrected chi connectivity index (χ0v) is 10.3. The molecule has 0 saturated heterocycles. The van der Waals surface area contributed by atoms with Crippen molar-refractivity contribution >= 4 is 17.5 Å². The van der Waals surface area contributed by atoms with Crippen LogP contribution in [0.3, 0.4) is 0 Å². The summed E-state index contributed by atoms with van der Waals surface area (Å²) >= 11 is 5.46. The molecule has 1 amide bonds. The van der Waals surface area contributed by atoms with E-state index in [1.54, 1.807) is 19.1 Å². The van der Waals surface area contributed by atoms with Gasteiger partial charge in [-0.25, -0.2) is 0 Å². The maximum Gasteiger partial charge on any atom is 0.237 e. The largest absolute Gasteiger partial charge is 0.497 e. The number of hydrogen-bond acceptors (Lipinski definition) is 2. The normalized spacial score (nSPS) is 9.94. The quantitative estimate of drug-likeness (QED) is 0.738. The first kappa shape index (κ1) is 12.8. The summed E-state index contributed by atoms with van der Waals surface area (Å²) in [5, 5.41) is 0. The number of halogens is 1. The van der Waals surface area contributed by atoms with Gasteiger partial charge in [-0.05, 0) is 24.1 Å². The monoisotopic (exact) mass is 241 g/mol. The highest BCUT2D eigenvalue weighted by Crippen LogP contribution is 2.11. The number of methoxy groups -OCH3 is 1. The molecular weight excluding hydrogens is 226 g/mol. The van der Waals surface area contributed by atoms with Gasteiger partial charge in [0, 0.05) is 13.6 Å². The summed E-state index contributed by atoms with van der Waals surface area (Å²) in [4.78, 5) is 12.8. The smallest absolute Gasteiger partial charge is 0.237 e. The van der Waals surface area contributed by atoms with E-state index in [0.717, 1.165) is 12.2 Å². The van der Waals surface area contributed by atoms with Crippen molar-refractivity contribution in [2.24, 2.45) is 0 Å². The Morgan fingerprint density at radius 2 is 2.00 bits per heavy atom. The molecule has 0 atom stereocenters.